The van der Waals surface area contributed by atoms with Crippen LogP contribution in [-0.2, 0) is 4.79 Å². The van der Waals surface area contributed by atoms with E-state index in [0.717, 1.165) is 24.2 Å². The first kappa shape index (κ1) is 12.2. The molecule has 17 heavy (non-hydrogen) atoms. The molecule has 1 heterocycles. The molecule has 3 nitrogen and oxygen atoms in total. The van der Waals surface area contributed by atoms with E-state index in [4.69, 9.17) is 16.3 Å². The second-order valence-corrected chi connectivity index (χ2v) is 4.58. The van der Waals surface area contributed by atoms with Crippen LogP contribution in [0.4, 0.5) is 0 Å². The Bertz CT molecular complexity index is 420. The van der Waals surface area contributed by atoms with E-state index in [2.05, 4.69) is 5.32 Å². The maximum absolute atomic E-state index is 11.5. The Morgan fingerprint density at radius 2 is 2.41 bits per heavy atom. The molecule has 0 spiro atoms. The minimum Gasteiger partial charge on any atom is -0.493 e. The largest absolute Gasteiger partial charge is 0.493 e. The zero-order chi connectivity index (χ0) is 12.3. The SMILES string of the molecule is CCC(=O)NC1CCCOc2ccc(Cl)cc21. The number of halogens is 1. The smallest absolute Gasteiger partial charge is 0.220 e. The highest BCUT2D eigenvalue weighted by molar-refractivity contribution is 6.30. The lowest BCUT2D eigenvalue weighted by molar-refractivity contribution is -0.121. The van der Waals surface area contributed by atoms with Gasteiger partial charge in [-0.25, -0.2) is 0 Å². The van der Waals surface area contributed by atoms with E-state index in [1.807, 2.05) is 25.1 Å². The van der Waals surface area contributed by atoms with E-state index in [1.54, 1.807) is 0 Å². The molecule has 1 aromatic rings. The second kappa shape index (κ2) is 5.41. The number of carbonyl (C=O) groups is 1. The van der Waals surface area contributed by atoms with Crippen molar-refractivity contribution in [1.29, 1.82) is 0 Å². The molecule has 1 aliphatic rings. The molecule has 2 rings (SSSR count). The monoisotopic (exact) mass is 253 g/mol. The van der Waals surface area contributed by atoms with Gasteiger partial charge in [0.05, 0.1) is 12.6 Å². The van der Waals surface area contributed by atoms with Gasteiger partial charge < -0.3 is 10.1 Å². The van der Waals surface area contributed by atoms with Crippen LogP contribution in [-0.4, -0.2) is 12.5 Å². The molecule has 1 N–H and O–H groups in total. The first-order valence-corrected chi connectivity index (χ1v) is 6.30. The third kappa shape index (κ3) is 2.91. The zero-order valence-electron chi connectivity index (χ0n) is 9.83. The Hall–Kier alpha value is -1.22. The van der Waals surface area contributed by atoms with E-state index >= 15 is 0 Å². The molecule has 1 unspecified atom stereocenters. The zero-order valence-corrected chi connectivity index (χ0v) is 10.6. The van der Waals surface area contributed by atoms with Crippen LogP contribution in [0.2, 0.25) is 5.02 Å². The van der Waals surface area contributed by atoms with E-state index in [9.17, 15) is 4.79 Å². The van der Waals surface area contributed by atoms with Crippen molar-refractivity contribution < 1.29 is 9.53 Å². The number of ether oxygens (including phenoxy) is 1. The van der Waals surface area contributed by atoms with Crippen LogP contribution in [0.15, 0.2) is 18.2 Å². The summed E-state index contributed by atoms with van der Waals surface area (Å²) in [6, 6.07) is 5.57. The number of fused-ring (bicyclic) bond motifs is 1. The summed E-state index contributed by atoms with van der Waals surface area (Å²) in [7, 11) is 0. The van der Waals surface area contributed by atoms with Gasteiger partial charge in [-0.3, -0.25) is 4.79 Å². The number of hydrogen-bond donors (Lipinski definition) is 1. The van der Waals surface area contributed by atoms with Crippen LogP contribution >= 0.6 is 11.6 Å². The molecule has 0 saturated carbocycles. The van der Waals surface area contributed by atoms with Crippen molar-refractivity contribution in [2.24, 2.45) is 0 Å². The highest BCUT2D eigenvalue weighted by Crippen LogP contribution is 2.33. The Morgan fingerprint density at radius 3 is 3.18 bits per heavy atom. The number of benzene rings is 1. The molecule has 4 heteroatoms. The quantitative estimate of drug-likeness (QED) is 0.880. The molecule has 1 aliphatic heterocycles. The molecule has 0 radical (unpaired) electrons. The lowest BCUT2D eigenvalue weighted by Crippen LogP contribution is -2.27. The van der Waals surface area contributed by atoms with Crippen molar-refractivity contribution >= 4 is 17.5 Å². The predicted octanol–water partition coefficient (Wildman–Crippen LogP) is 3.08. The number of nitrogens with one attached hydrogen (secondary N) is 1. The molecule has 0 aliphatic carbocycles. The van der Waals surface area contributed by atoms with Crippen molar-refractivity contribution in [3.63, 3.8) is 0 Å². The van der Waals surface area contributed by atoms with E-state index in [-0.39, 0.29) is 11.9 Å². The van der Waals surface area contributed by atoms with Crippen molar-refractivity contribution in [3.05, 3.63) is 28.8 Å². The van der Waals surface area contributed by atoms with Crippen LogP contribution < -0.4 is 10.1 Å². The maximum Gasteiger partial charge on any atom is 0.220 e. The van der Waals surface area contributed by atoms with E-state index in [1.165, 1.54) is 0 Å². The average Bonchev–Trinajstić information content (AvgIpc) is 2.52. The molecule has 1 amide bonds. The van der Waals surface area contributed by atoms with Gasteiger partial charge in [-0.2, -0.15) is 0 Å². The standard InChI is InChI=1S/C13H16ClNO2/c1-2-13(16)15-11-4-3-7-17-12-6-5-9(14)8-10(11)12/h5-6,8,11H,2-4,7H2,1H3,(H,15,16). The predicted molar refractivity (Wildman–Crippen MR) is 67.4 cm³/mol. The van der Waals surface area contributed by atoms with Crippen LogP contribution in [0.25, 0.3) is 0 Å². The lowest BCUT2D eigenvalue weighted by atomic mass is 10.0. The molecule has 1 aromatic carbocycles. The Labute approximate surface area is 106 Å². The Balaban J connectivity index is 2.28. The van der Waals surface area contributed by atoms with Gasteiger partial charge in [-0.15, -0.1) is 0 Å². The van der Waals surface area contributed by atoms with Crippen LogP contribution in [0.1, 0.15) is 37.8 Å². The maximum atomic E-state index is 11.5. The molecular weight excluding hydrogens is 238 g/mol. The summed E-state index contributed by atoms with van der Waals surface area (Å²) in [5.41, 5.74) is 0.983. The van der Waals surface area contributed by atoms with E-state index < -0.39 is 0 Å². The summed E-state index contributed by atoms with van der Waals surface area (Å²) < 4.78 is 5.64. The molecule has 92 valence electrons. The van der Waals surface area contributed by atoms with Gasteiger partial charge >= 0.3 is 0 Å². The normalized spacial score (nSPS) is 18.8. The topological polar surface area (TPSA) is 38.3 Å². The summed E-state index contributed by atoms with van der Waals surface area (Å²) in [6.07, 6.45) is 2.31. The van der Waals surface area contributed by atoms with Gasteiger partial charge in [0.2, 0.25) is 5.91 Å². The minimum atomic E-state index is 0.0126. The molecular formula is C13H16ClNO2. The first-order chi connectivity index (χ1) is 8.20. The van der Waals surface area contributed by atoms with Crippen molar-refractivity contribution in [3.8, 4) is 5.75 Å². The van der Waals surface area contributed by atoms with Crippen molar-refractivity contribution in [2.45, 2.75) is 32.2 Å². The fourth-order valence-corrected chi connectivity index (χ4v) is 2.18. The van der Waals surface area contributed by atoms with Crippen LogP contribution in [0, 0.1) is 0 Å². The minimum absolute atomic E-state index is 0.0126. The molecule has 0 bridgehead atoms. The van der Waals surface area contributed by atoms with Gasteiger partial charge in [0.15, 0.2) is 0 Å². The van der Waals surface area contributed by atoms with Gasteiger partial charge in [0.1, 0.15) is 5.75 Å². The van der Waals surface area contributed by atoms with Gasteiger partial charge in [-0.1, -0.05) is 18.5 Å². The summed E-state index contributed by atoms with van der Waals surface area (Å²) >= 11 is 6.00. The second-order valence-electron chi connectivity index (χ2n) is 4.15. The third-order valence-corrected chi connectivity index (χ3v) is 3.13. The summed E-state index contributed by atoms with van der Waals surface area (Å²) in [4.78, 5) is 11.5. The Kier molecular flexibility index (Phi) is 3.89. The van der Waals surface area contributed by atoms with Crippen LogP contribution in [0.5, 0.6) is 5.75 Å². The van der Waals surface area contributed by atoms with Crippen molar-refractivity contribution in [2.75, 3.05) is 6.61 Å². The third-order valence-electron chi connectivity index (χ3n) is 2.90. The lowest BCUT2D eigenvalue weighted by Gasteiger charge is -2.18. The summed E-state index contributed by atoms with van der Waals surface area (Å²) in [5.74, 6) is 0.885. The number of rotatable bonds is 2. The van der Waals surface area contributed by atoms with Gasteiger partial charge in [-0.05, 0) is 31.0 Å². The highest BCUT2D eigenvalue weighted by atomic mass is 35.5. The van der Waals surface area contributed by atoms with Crippen LogP contribution in [0.3, 0.4) is 0 Å². The first-order valence-electron chi connectivity index (χ1n) is 5.92. The van der Waals surface area contributed by atoms with Gasteiger partial charge in [0, 0.05) is 17.0 Å². The fourth-order valence-electron chi connectivity index (χ4n) is 1.99. The Morgan fingerprint density at radius 1 is 1.59 bits per heavy atom. The molecule has 0 fully saturated rings. The molecule has 0 aromatic heterocycles. The summed E-state index contributed by atoms with van der Waals surface area (Å²) in [6.45, 7) is 2.54. The fraction of sp³-hybridized carbons (Fsp3) is 0.462. The average molecular weight is 254 g/mol. The number of hydrogen-bond acceptors (Lipinski definition) is 2. The summed E-state index contributed by atoms with van der Waals surface area (Å²) in [5, 5.41) is 3.69. The molecule has 0 saturated heterocycles. The van der Waals surface area contributed by atoms with E-state index in [0.29, 0.717) is 18.1 Å². The molecule has 1 atom stereocenters. The van der Waals surface area contributed by atoms with Gasteiger partial charge in [0.25, 0.3) is 0 Å². The number of carbonyl (C=O) groups excluding carboxylic acids is 1. The number of amides is 1. The van der Waals surface area contributed by atoms with Crippen molar-refractivity contribution in [1.82, 2.24) is 5.32 Å². The highest BCUT2D eigenvalue weighted by Gasteiger charge is 2.21.